The molecule has 1 unspecified atom stereocenters. The van der Waals surface area contributed by atoms with Gasteiger partial charge in [0.15, 0.2) is 0 Å². The molecule has 2 rings (SSSR count). The summed E-state index contributed by atoms with van der Waals surface area (Å²) in [6.07, 6.45) is 0. The van der Waals surface area contributed by atoms with Crippen LogP contribution in [-0.4, -0.2) is 22.3 Å². The summed E-state index contributed by atoms with van der Waals surface area (Å²) in [5.41, 5.74) is 12.9. The Morgan fingerprint density at radius 1 is 1.32 bits per heavy atom. The first kappa shape index (κ1) is 14.6. The van der Waals surface area contributed by atoms with Crippen molar-refractivity contribution >= 4 is 39.1 Å². The van der Waals surface area contributed by atoms with E-state index in [2.05, 4.69) is 30.7 Å². The standard InChI is InChI=1S/C13H20N4S2/c1-7(4-14)5-18-6-10-16-12(15)11-8(2)9(3)19-13(11)17-10/h7H,4-6,14H2,1-3H3,(H2,15,16,17). The number of hydrogen-bond donors (Lipinski definition) is 2. The topological polar surface area (TPSA) is 77.8 Å². The van der Waals surface area contributed by atoms with E-state index in [4.69, 9.17) is 11.5 Å². The van der Waals surface area contributed by atoms with Gasteiger partial charge in [0.05, 0.1) is 11.1 Å². The molecule has 0 bridgehead atoms. The molecule has 104 valence electrons. The van der Waals surface area contributed by atoms with Crippen molar-refractivity contribution in [2.75, 3.05) is 18.0 Å². The van der Waals surface area contributed by atoms with E-state index in [9.17, 15) is 0 Å². The molecule has 0 aliphatic rings. The quantitative estimate of drug-likeness (QED) is 0.887. The maximum absolute atomic E-state index is 6.06. The van der Waals surface area contributed by atoms with E-state index >= 15 is 0 Å². The summed E-state index contributed by atoms with van der Waals surface area (Å²) in [6.45, 7) is 7.04. The van der Waals surface area contributed by atoms with Gasteiger partial charge in [0, 0.05) is 4.88 Å². The zero-order valence-electron chi connectivity index (χ0n) is 11.6. The second-order valence-electron chi connectivity index (χ2n) is 4.84. The van der Waals surface area contributed by atoms with Gasteiger partial charge < -0.3 is 11.5 Å². The summed E-state index contributed by atoms with van der Waals surface area (Å²) < 4.78 is 0. The van der Waals surface area contributed by atoms with Gasteiger partial charge in [-0.3, -0.25) is 0 Å². The molecule has 19 heavy (non-hydrogen) atoms. The number of nitrogens with two attached hydrogens (primary N) is 2. The van der Waals surface area contributed by atoms with Crippen LogP contribution in [0, 0.1) is 19.8 Å². The number of rotatable bonds is 5. The number of hydrogen-bond acceptors (Lipinski definition) is 6. The normalized spacial score (nSPS) is 13.1. The van der Waals surface area contributed by atoms with Crippen molar-refractivity contribution in [1.29, 1.82) is 0 Å². The van der Waals surface area contributed by atoms with Crippen LogP contribution in [0.1, 0.15) is 23.2 Å². The monoisotopic (exact) mass is 296 g/mol. The van der Waals surface area contributed by atoms with Crippen molar-refractivity contribution < 1.29 is 0 Å². The van der Waals surface area contributed by atoms with Gasteiger partial charge in [0.1, 0.15) is 16.5 Å². The van der Waals surface area contributed by atoms with Crippen molar-refractivity contribution in [3.8, 4) is 0 Å². The molecule has 2 heterocycles. The fourth-order valence-corrected chi connectivity index (χ4v) is 3.83. The molecule has 0 aliphatic heterocycles. The second-order valence-corrected chi connectivity index (χ2v) is 7.08. The highest BCUT2D eigenvalue weighted by Gasteiger charge is 2.12. The molecule has 0 aromatic carbocycles. The van der Waals surface area contributed by atoms with Crippen LogP contribution < -0.4 is 11.5 Å². The van der Waals surface area contributed by atoms with Gasteiger partial charge in [-0.15, -0.1) is 11.3 Å². The molecule has 0 amide bonds. The van der Waals surface area contributed by atoms with Crippen molar-refractivity contribution in [3.05, 3.63) is 16.3 Å². The summed E-state index contributed by atoms with van der Waals surface area (Å²) in [6, 6.07) is 0. The highest BCUT2D eigenvalue weighted by atomic mass is 32.2. The Morgan fingerprint density at radius 2 is 2.05 bits per heavy atom. The molecule has 0 spiro atoms. The highest BCUT2D eigenvalue weighted by Crippen LogP contribution is 2.32. The highest BCUT2D eigenvalue weighted by molar-refractivity contribution is 7.98. The lowest BCUT2D eigenvalue weighted by molar-refractivity contribution is 0.675. The predicted octanol–water partition coefficient (Wildman–Crippen LogP) is 2.72. The molecule has 0 fully saturated rings. The molecule has 2 aromatic rings. The molecular formula is C13H20N4S2. The van der Waals surface area contributed by atoms with Gasteiger partial charge in [-0.25, -0.2) is 9.97 Å². The summed E-state index contributed by atoms with van der Waals surface area (Å²) in [4.78, 5) is 11.3. The largest absolute Gasteiger partial charge is 0.383 e. The van der Waals surface area contributed by atoms with Crippen LogP contribution >= 0.6 is 23.1 Å². The molecule has 1 atom stereocenters. The first-order chi connectivity index (χ1) is 9.02. The number of nitrogens with zero attached hydrogens (tertiary/aromatic N) is 2. The zero-order chi connectivity index (χ0) is 14.0. The minimum Gasteiger partial charge on any atom is -0.383 e. The van der Waals surface area contributed by atoms with Crippen molar-refractivity contribution in [1.82, 2.24) is 9.97 Å². The second kappa shape index (κ2) is 6.07. The van der Waals surface area contributed by atoms with Gasteiger partial charge in [-0.05, 0) is 37.6 Å². The third kappa shape index (κ3) is 3.19. The number of anilines is 1. The van der Waals surface area contributed by atoms with Gasteiger partial charge >= 0.3 is 0 Å². The molecule has 0 saturated carbocycles. The number of fused-ring (bicyclic) bond motifs is 1. The smallest absolute Gasteiger partial charge is 0.142 e. The summed E-state index contributed by atoms with van der Waals surface area (Å²) in [5.74, 6) is 3.77. The minimum absolute atomic E-state index is 0.525. The van der Waals surface area contributed by atoms with Crippen LogP contribution in [0.5, 0.6) is 0 Å². The summed E-state index contributed by atoms with van der Waals surface area (Å²) in [5, 5.41) is 1.02. The Kier molecular flexibility index (Phi) is 4.65. The number of thioether (sulfide) groups is 1. The Bertz CT molecular complexity index is 580. The lowest BCUT2D eigenvalue weighted by atomic mass is 10.2. The number of aryl methyl sites for hydroxylation is 2. The third-order valence-electron chi connectivity index (χ3n) is 3.14. The molecule has 0 radical (unpaired) electrons. The van der Waals surface area contributed by atoms with Crippen LogP contribution in [0.4, 0.5) is 5.82 Å². The van der Waals surface area contributed by atoms with E-state index in [1.165, 1.54) is 10.4 Å². The number of nitrogen functional groups attached to an aromatic ring is 1. The van der Waals surface area contributed by atoms with Crippen molar-refractivity contribution in [2.24, 2.45) is 11.7 Å². The average molecular weight is 296 g/mol. The Morgan fingerprint density at radius 3 is 2.74 bits per heavy atom. The third-order valence-corrected chi connectivity index (χ3v) is 5.51. The van der Waals surface area contributed by atoms with Gasteiger partial charge in [-0.2, -0.15) is 11.8 Å². The van der Waals surface area contributed by atoms with E-state index < -0.39 is 0 Å². The SMILES string of the molecule is Cc1sc2nc(CSCC(C)CN)nc(N)c2c1C. The Hall–Kier alpha value is -0.850. The summed E-state index contributed by atoms with van der Waals surface area (Å²) >= 11 is 3.50. The van der Waals surface area contributed by atoms with Crippen LogP contribution in [-0.2, 0) is 5.75 Å². The molecule has 0 aliphatic carbocycles. The number of thiophene rings is 1. The molecule has 4 nitrogen and oxygen atoms in total. The van der Waals surface area contributed by atoms with Crippen LogP contribution in [0.3, 0.4) is 0 Å². The molecule has 0 saturated heterocycles. The molecule has 4 N–H and O–H groups in total. The van der Waals surface area contributed by atoms with Gasteiger partial charge in [-0.1, -0.05) is 6.92 Å². The van der Waals surface area contributed by atoms with Crippen LogP contribution in [0.15, 0.2) is 0 Å². The average Bonchev–Trinajstić information content (AvgIpc) is 2.65. The summed E-state index contributed by atoms with van der Waals surface area (Å²) in [7, 11) is 0. The lowest BCUT2D eigenvalue weighted by Gasteiger charge is -2.07. The zero-order valence-corrected chi connectivity index (χ0v) is 13.2. The van der Waals surface area contributed by atoms with Crippen LogP contribution in [0.2, 0.25) is 0 Å². The van der Waals surface area contributed by atoms with E-state index in [0.717, 1.165) is 34.1 Å². The predicted molar refractivity (Wildman–Crippen MR) is 85.7 cm³/mol. The van der Waals surface area contributed by atoms with E-state index in [0.29, 0.717) is 11.7 Å². The van der Waals surface area contributed by atoms with Crippen molar-refractivity contribution in [3.63, 3.8) is 0 Å². The molecule has 2 aromatic heterocycles. The Balaban J connectivity index is 2.17. The van der Waals surface area contributed by atoms with Gasteiger partial charge in [0.25, 0.3) is 0 Å². The fraction of sp³-hybridized carbons (Fsp3) is 0.538. The van der Waals surface area contributed by atoms with E-state index in [1.54, 1.807) is 11.3 Å². The maximum atomic E-state index is 6.06. The Labute approximate surface area is 122 Å². The maximum Gasteiger partial charge on any atom is 0.142 e. The van der Waals surface area contributed by atoms with E-state index in [-0.39, 0.29) is 0 Å². The van der Waals surface area contributed by atoms with Crippen molar-refractivity contribution in [2.45, 2.75) is 26.5 Å². The van der Waals surface area contributed by atoms with E-state index in [1.807, 2.05) is 11.8 Å². The first-order valence-electron chi connectivity index (χ1n) is 6.32. The fourth-order valence-electron chi connectivity index (χ4n) is 1.81. The van der Waals surface area contributed by atoms with Crippen LogP contribution in [0.25, 0.3) is 10.2 Å². The first-order valence-corrected chi connectivity index (χ1v) is 8.30. The lowest BCUT2D eigenvalue weighted by Crippen LogP contribution is -2.13. The number of aromatic nitrogens is 2. The molecule has 6 heteroatoms. The molecular weight excluding hydrogens is 276 g/mol. The minimum atomic E-state index is 0.525. The van der Waals surface area contributed by atoms with Gasteiger partial charge in [0.2, 0.25) is 0 Å².